The van der Waals surface area contributed by atoms with Crippen molar-refractivity contribution in [2.45, 2.75) is 32.9 Å². The van der Waals surface area contributed by atoms with E-state index in [1.165, 1.54) is 0 Å². The summed E-state index contributed by atoms with van der Waals surface area (Å²) in [6.45, 7) is 6.36. The van der Waals surface area contributed by atoms with E-state index in [-0.39, 0.29) is 5.91 Å². The van der Waals surface area contributed by atoms with Crippen LogP contribution in [0.2, 0.25) is 0 Å². The van der Waals surface area contributed by atoms with Crippen LogP contribution in [0.25, 0.3) is 0 Å². The third-order valence-corrected chi connectivity index (χ3v) is 3.59. The predicted molar refractivity (Wildman–Crippen MR) is 81.1 cm³/mol. The molecule has 2 rings (SSSR count). The van der Waals surface area contributed by atoms with Gasteiger partial charge in [0, 0.05) is 24.6 Å². The van der Waals surface area contributed by atoms with E-state index >= 15 is 0 Å². The highest BCUT2D eigenvalue weighted by Gasteiger charge is 2.17. The molecule has 116 valence electrons. The maximum Gasteiger partial charge on any atom is 0.236 e. The van der Waals surface area contributed by atoms with Crippen molar-refractivity contribution in [1.29, 1.82) is 0 Å². The minimum atomic E-state index is -0.504. The van der Waals surface area contributed by atoms with E-state index in [0.717, 1.165) is 36.5 Å². The molecular formula is C16H24N2O3. The molecule has 0 aromatic heterocycles. The van der Waals surface area contributed by atoms with Crippen molar-refractivity contribution in [2.75, 3.05) is 19.8 Å². The van der Waals surface area contributed by atoms with Crippen molar-refractivity contribution in [1.82, 2.24) is 5.32 Å². The number of benzene rings is 1. The molecule has 1 aliphatic rings. The van der Waals surface area contributed by atoms with Crippen molar-refractivity contribution in [3.05, 3.63) is 29.3 Å². The number of carbonyl (C=O) groups excluding carboxylic acids is 1. The Morgan fingerprint density at radius 2 is 2.38 bits per heavy atom. The van der Waals surface area contributed by atoms with Gasteiger partial charge in [0.15, 0.2) is 0 Å². The van der Waals surface area contributed by atoms with Crippen molar-refractivity contribution < 1.29 is 14.3 Å². The van der Waals surface area contributed by atoms with Crippen LogP contribution in [0.1, 0.15) is 24.5 Å². The number of hydrogen-bond donors (Lipinski definition) is 2. The van der Waals surface area contributed by atoms with Gasteiger partial charge in [-0.05, 0) is 31.9 Å². The van der Waals surface area contributed by atoms with Crippen LogP contribution in [-0.4, -0.2) is 31.8 Å². The van der Waals surface area contributed by atoms with E-state index in [4.69, 9.17) is 15.2 Å². The molecule has 0 saturated carbocycles. The van der Waals surface area contributed by atoms with Gasteiger partial charge < -0.3 is 20.5 Å². The first kappa shape index (κ1) is 15.8. The fourth-order valence-corrected chi connectivity index (χ4v) is 2.21. The number of hydrogen-bond acceptors (Lipinski definition) is 4. The third kappa shape index (κ3) is 4.72. The first-order chi connectivity index (χ1) is 10.1. The van der Waals surface area contributed by atoms with Crippen molar-refractivity contribution in [2.24, 2.45) is 11.7 Å². The molecule has 3 N–H and O–H groups in total. The summed E-state index contributed by atoms with van der Waals surface area (Å²) in [5, 5.41) is 2.82. The zero-order chi connectivity index (χ0) is 15.2. The molecule has 1 unspecified atom stereocenters. The second-order valence-electron chi connectivity index (χ2n) is 5.66. The van der Waals surface area contributed by atoms with Crippen LogP contribution in [0.5, 0.6) is 5.75 Å². The van der Waals surface area contributed by atoms with Gasteiger partial charge in [0.1, 0.15) is 5.75 Å². The summed E-state index contributed by atoms with van der Waals surface area (Å²) in [4.78, 5) is 11.6. The highest BCUT2D eigenvalue weighted by molar-refractivity contribution is 5.80. The molecule has 1 aromatic rings. The Balaban J connectivity index is 1.97. The van der Waals surface area contributed by atoms with Gasteiger partial charge in [0.2, 0.25) is 5.91 Å². The highest BCUT2D eigenvalue weighted by atomic mass is 16.5. The molecule has 2 atom stereocenters. The summed E-state index contributed by atoms with van der Waals surface area (Å²) in [5.41, 5.74) is 7.65. The first-order valence-electron chi connectivity index (χ1n) is 7.39. The van der Waals surface area contributed by atoms with E-state index in [1.807, 2.05) is 25.1 Å². The van der Waals surface area contributed by atoms with Gasteiger partial charge in [-0.1, -0.05) is 12.1 Å². The van der Waals surface area contributed by atoms with E-state index < -0.39 is 6.04 Å². The molecule has 5 nitrogen and oxygen atoms in total. The Morgan fingerprint density at radius 1 is 1.57 bits per heavy atom. The third-order valence-electron chi connectivity index (χ3n) is 3.59. The number of nitrogens with two attached hydrogens (primary N) is 1. The maximum absolute atomic E-state index is 11.6. The minimum absolute atomic E-state index is 0.161. The second kappa shape index (κ2) is 7.43. The highest BCUT2D eigenvalue weighted by Crippen LogP contribution is 2.22. The molecule has 1 aliphatic heterocycles. The Kier molecular flexibility index (Phi) is 5.59. The van der Waals surface area contributed by atoms with Crippen LogP contribution in [-0.2, 0) is 16.1 Å². The van der Waals surface area contributed by atoms with Gasteiger partial charge >= 0.3 is 0 Å². The van der Waals surface area contributed by atoms with Crippen LogP contribution >= 0.6 is 0 Å². The summed E-state index contributed by atoms with van der Waals surface area (Å²) in [6, 6.07) is 5.50. The number of aryl methyl sites for hydroxylation is 1. The lowest BCUT2D eigenvalue weighted by Gasteiger charge is -2.16. The predicted octanol–water partition coefficient (Wildman–Crippen LogP) is 1.37. The number of ether oxygens (including phenoxy) is 2. The first-order valence-corrected chi connectivity index (χ1v) is 7.39. The molecule has 1 aromatic carbocycles. The minimum Gasteiger partial charge on any atom is -0.493 e. The van der Waals surface area contributed by atoms with Crippen LogP contribution in [0, 0.1) is 12.8 Å². The lowest BCUT2D eigenvalue weighted by molar-refractivity contribution is -0.122. The molecule has 0 spiro atoms. The summed E-state index contributed by atoms with van der Waals surface area (Å²) < 4.78 is 11.3. The molecule has 1 heterocycles. The Bertz CT molecular complexity index is 482. The van der Waals surface area contributed by atoms with Crippen molar-refractivity contribution in [3.63, 3.8) is 0 Å². The summed E-state index contributed by atoms with van der Waals surface area (Å²) in [6.07, 6.45) is 1.04. The van der Waals surface area contributed by atoms with E-state index in [9.17, 15) is 4.79 Å². The molecule has 21 heavy (non-hydrogen) atoms. The average molecular weight is 292 g/mol. The zero-order valence-electron chi connectivity index (χ0n) is 12.7. The summed E-state index contributed by atoms with van der Waals surface area (Å²) in [5.74, 6) is 1.12. The molecule has 0 aliphatic carbocycles. The van der Waals surface area contributed by atoms with Crippen LogP contribution in [0.4, 0.5) is 0 Å². The van der Waals surface area contributed by atoms with Gasteiger partial charge in [-0.25, -0.2) is 0 Å². The quantitative estimate of drug-likeness (QED) is 0.830. The normalized spacial score (nSPS) is 19.3. The van der Waals surface area contributed by atoms with Crippen molar-refractivity contribution in [3.8, 4) is 5.75 Å². The molecule has 0 bridgehead atoms. The van der Waals surface area contributed by atoms with Gasteiger partial charge in [-0.2, -0.15) is 0 Å². The lowest BCUT2D eigenvalue weighted by atomic mass is 10.1. The van der Waals surface area contributed by atoms with Gasteiger partial charge in [0.25, 0.3) is 0 Å². The van der Waals surface area contributed by atoms with Crippen molar-refractivity contribution >= 4 is 5.91 Å². The number of nitrogens with one attached hydrogen (secondary N) is 1. The average Bonchev–Trinajstić information content (AvgIpc) is 2.96. The number of amides is 1. The fourth-order valence-electron chi connectivity index (χ4n) is 2.21. The smallest absolute Gasteiger partial charge is 0.236 e. The van der Waals surface area contributed by atoms with Gasteiger partial charge in [0.05, 0.1) is 19.3 Å². The molecule has 5 heteroatoms. The monoisotopic (exact) mass is 292 g/mol. The second-order valence-corrected chi connectivity index (χ2v) is 5.66. The fraction of sp³-hybridized carbons (Fsp3) is 0.562. The van der Waals surface area contributed by atoms with Crippen LogP contribution in [0.3, 0.4) is 0 Å². The van der Waals surface area contributed by atoms with E-state index in [2.05, 4.69) is 5.32 Å². The van der Waals surface area contributed by atoms with Crippen LogP contribution < -0.4 is 15.8 Å². The molecule has 0 radical (unpaired) electrons. The van der Waals surface area contributed by atoms with E-state index in [1.54, 1.807) is 6.92 Å². The largest absolute Gasteiger partial charge is 0.493 e. The summed E-state index contributed by atoms with van der Waals surface area (Å²) >= 11 is 0. The Morgan fingerprint density at radius 3 is 3.05 bits per heavy atom. The van der Waals surface area contributed by atoms with Gasteiger partial charge in [-0.15, -0.1) is 0 Å². The van der Waals surface area contributed by atoms with E-state index in [0.29, 0.717) is 19.1 Å². The SMILES string of the molecule is Cc1ccc(CNC(=O)[C@@H](C)N)c(OCC2CCOC2)c1. The summed E-state index contributed by atoms with van der Waals surface area (Å²) in [7, 11) is 0. The van der Waals surface area contributed by atoms with Crippen LogP contribution in [0.15, 0.2) is 18.2 Å². The Labute approximate surface area is 125 Å². The zero-order valence-corrected chi connectivity index (χ0v) is 12.7. The standard InChI is InChI=1S/C16H24N2O3/c1-11-3-4-14(8-18-16(19)12(2)17)15(7-11)21-10-13-5-6-20-9-13/h3-4,7,12-13H,5-6,8-10,17H2,1-2H3,(H,18,19)/t12-,13?/m1/s1. The molecule has 1 amide bonds. The maximum atomic E-state index is 11.6. The number of carbonyl (C=O) groups is 1. The molecule has 1 saturated heterocycles. The Hall–Kier alpha value is -1.59. The lowest BCUT2D eigenvalue weighted by Crippen LogP contribution is -2.37. The van der Waals surface area contributed by atoms with Gasteiger partial charge in [-0.3, -0.25) is 4.79 Å². The number of rotatable bonds is 6. The topological polar surface area (TPSA) is 73.6 Å². The molecular weight excluding hydrogens is 268 g/mol. The molecule has 1 fully saturated rings.